The number of rotatable bonds is 3. The lowest BCUT2D eigenvalue weighted by Gasteiger charge is -1.98. The molecule has 0 unspecified atom stereocenters. The van der Waals surface area contributed by atoms with Crippen molar-refractivity contribution in [1.82, 2.24) is 5.32 Å². The van der Waals surface area contributed by atoms with Gasteiger partial charge in [0.25, 0.3) is 0 Å². The van der Waals surface area contributed by atoms with Crippen LogP contribution in [0.2, 0.25) is 0 Å². The molecule has 0 fully saturated rings. The van der Waals surface area contributed by atoms with Crippen molar-refractivity contribution in [2.75, 3.05) is 12.4 Å². The number of hydrogen-bond acceptors (Lipinski definition) is 2. The van der Waals surface area contributed by atoms with Crippen LogP contribution in [0.1, 0.15) is 19.4 Å². The van der Waals surface area contributed by atoms with Crippen molar-refractivity contribution in [3.05, 3.63) is 29.8 Å². The number of nitrogens with one attached hydrogen (secondary N) is 2. The summed E-state index contributed by atoms with van der Waals surface area (Å²) in [5.74, 6) is 0. The Morgan fingerprint density at radius 3 is 2.27 bits per heavy atom. The molecule has 15 heavy (non-hydrogen) atoms. The average molecular weight is 208 g/mol. The molecule has 0 saturated heterocycles. The van der Waals surface area contributed by atoms with Crippen LogP contribution >= 0.6 is 0 Å². The maximum atomic E-state index is 9.50. The van der Waals surface area contributed by atoms with Crippen molar-refractivity contribution in [3.8, 4) is 0 Å². The highest BCUT2D eigenvalue weighted by atomic mass is 16.1. The molecule has 0 radical (unpaired) electrons. The largest absolute Gasteiger partial charge is 0.388 e. The van der Waals surface area contributed by atoms with E-state index in [0.717, 1.165) is 0 Å². The van der Waals surface area contributed by atoms with Crippen molar-refractivity contribution < 1.29 is 4.79 Å². The van der Waals surface area contributed by atoms with E-state index in [9.17, 15) is 4.79 Å². The standard InChI is InChI=1S/C8H11N.C4H9NO/c1-7-4-3-5-8(6-7)9-2;1-4(2)5-3-6/h3-6,9H,1-2H3;3-4H,1-2H3,(H,5,6). The lowest BCUT2D eigenvalue weighted by Crippen LogP contribution is -2.19. The fourth-order valence-corrected chi connectivity index (χ4v) is 0.937. The third-order valence-corrected chi connectivity index (χ3v) is 1.71. The van der Waals surface area contributed by atoms with Gasteiger partial charge in [0.1, 0.15) is 0 Å². The first-order valence-electron chi connectivity index (χ1n) is 5.04. The van der Waals surface area contributed by atoms with Crippen LogP contribution in [0.15, 0.2) is 24.3 Å². The van der Waals surface area contributed by atoms with Crippen LogP contribution in [0, 0.1) is 6.92 Å². The Morgan fingerprint density at radius 1 is 1.33 bits per heavy atom. The number of amides is 1. The number of carbonyl (C=O) groups is 1. The Morgan fingerprint density at radius 2 is 2.00 bits per heavy atom. The van der Waals surface area contributed by atoms with E-state index in [1.807, 2.05) is 33.0 Å². The molecule has 0 saturated carbocycles. The van der Waals surface area contributed by atoms with E-state index in [-0.39, 0.29) is 6.04 Å². The number of aryl methyl sites for hydroxylation is 1. The maximum absolute atomic E-state index is 9.50. The Kier molecular flexibility index (Phi) is 7.06. The summed E-state index contributed by atoms with van der Waals surface area (Å²) in [4.78, 5) is 9.50. The highest BCUT2D eigenvalue weighted by Gasteiger charge is 1.84. The van der Waals surface area contributed by atoms with Gasteiger partial charge in [0, 0.05) is 18.8 Å². The Labute approximate surface area is 91.9 Å². The average Bonchev–Trinajstić information content (AvgIpc) is 2.18. The molecule has 0 aromatic heterocycles. The molecule has 0 aliphatic rings. The second-order valence-electron chi connectivity index (χ2n) is 3.56. The molecule has 2 N–H and O–H groups in total. The second kappa shape index (κ2) is 7.85. The topological polar surface area (TPSA) is 41.1 Å². The van der Waals surface area contributed by atoms with Gasteiger partial charge in [-0.3, -0.25) is 4.79 Å². The Bertz CT molecular complexity index is 285. The van der Waals surface area contributed by atoms with Gasteiger partial charge in [-0.2, -0.15) is 0 Å². The number of carbonyl (C=O) groups excluding carboxylic acids is 1. The summed E-state index contributed by atoms with van der Waals surface area (Å²) >= 11 is 0. The molecule has 1 aromatic rings. The monoisotopic (exact) mass is 208 g/mol. The number of benzene rings is 1. The lowest BCUT2D eigenvalue weighted by molar-refractivity contribution is -0.109. The molecule has 0 spiro atoms. The van der Waals surface area contributed by atoms with Gasteiger partial charge in [-0.1, -0.05) is 12.1 Å². The fraction of sp³-hybridized carbons (Fsp3) is 0.417. The predicted octanol–water partition coefficient (Wildman–Crippen LogP) is 2.18. The third kappa shape index (κ3) is 7.55. The van der Waals surface area contributed by atoms with Gasteiger partial charge in [0.05, 0.1) is 0 Å². The first-order valence-corrected chi connectivity index (χ1v) is 5.04. The summed E-state index contributed by atoms with van der Waals surface area (Å²) in [6.45, 7) is 5.91. The van der Waals surface area contributed by atoms with Crippen LogP contribution in [0.4, 0.5) is 5.69 Å². The molecule has 3 heteroatoms. The van der Waals surface area contributed by atoms with Crippen molar-refractivity contribution in [2.45, 2.75) is 26.8 Å². The van der Waals surface area contributed by atoms with E-state index in [2.05, 4.69) is 29.7 Å². The van der Waals surface area contributed by atoms with Gasteiger partial charge >= 0.3 is 0 Å². The Hall–Kier alpha value is -1.51. The third-order valence-electron chi connectivity index (χ3n) is 1.71. The first kappa shape index (κ1) is 13.5. The minimum absolute atomic E-state index is 0.280. The zero-order valence-electron chi connectivity index (χ0n) is 9.87. The molecule has 1 aromatic carbocycles. The quantitative estimate of drug-likeness (QED) is 0.747. The molecule has 0 bridgehead atoms. The van der Waals surface area contributed by atoms with E-state index in [4.69, 9.17) is 0 Å². The summed E-state index contributed by atoms with van der Waals surface area (Å²) < 4.78 is 0. The molecule has 84 valence electrons. The predicted molar refractivity (Wildman–Crippen MR) is 65.1 cm³/mol. The lowest BCUT2D eigenvalue weighted by atomic mass is 10.2. The fourth-order valence-electron chi connectivity index (χ4n) is 0.937. The SMILES string of the molecule is CC(C)NC=O.CNc1cccc(C)c1. The van der Waals surface area contributed by atoms with Gasteiger partial charge < -0.3 is 10.6 Å². The van der Waals surface area contributed by atoms with Gasteiger partial charge in [0.2, 0.25) is 6.41 Å². The smallest absolute Gasteiger partial charge is 0.207 e. The van der Waals surface area contributed by atoms with Crippen molar-refractivity contribution >= 4 is 12.1 Å². The van der Waals surface area contributed by atoms with E-state index in [1.165, 1.54) is 11.3 Å². The van der Waals surface area contributed by atoms with Crippen molar-refractivity contribution in [2.24, 2.45) is 0 Å². The highest BCUT2D eigenvalue weighted by molar-refractivity contribution is 5.46. The molecule has 3 nitrogen and oxygen atoms in total. The van der Waals surface area contributed by atoms with Crippen LogP contribution in [-0.2, 0) is 4.79 Å². The minimum Gasteiger partial charge on any atom is -0.388 e. The highest BCUT2D eigenvalue weighted by Crippen LogP contribution is 2.07. The molecule has 0 atom stereocenters. The second-order valence-corrected chi connectivity index (χ2v) is 3.56. The van der Waals surface area contributed by atoms with E-state index in [0.29, 0.717) is 6.41 Å². The number of anilines is 1. The summed E-state index contributed by atoms with van der Waals surface area (Å²) in [7, 11) is 1.93. The number of hydrogen-bond donors (Lipinski definition) is 2. The zero-order chi connectivity index (χ0) is 11.7. The van der Waals surface area contributed by atoms with Gasteiger partial charge in [-0.05, 0) is 38.5 Å². The van der Waals surface area contributed by atoms with E-state index >= 15 is 0 Å². The zero-order valence-corrected chi connectivity index (χ0v) is 9.87. The normalized spacial score (nSPS) is 8.87. The first-order chi connectivity index (χ1) is 7.10. The molecule has 1 amide bonds. The summed E-state index contributed by atoms with van der Waals surface area (Å²) in [6, 6.07) is 8.57. The van der Waals surface area contributed by atoms with E-state index in [1.54, 1.807) is 0 Å². The van der Waals surface area contributed by atoms with E-state index < -0.39 is 0 Å². The van der Waals surface area contributed by atoms with Crippen LogP contribution in [0.25, 0.3) is 0 Å². The molecule has 0 aliphatic heterocycles. The Balaban J connectivity index is 0.000000288. The minimum atomic E-state index is 0.280. The van der Waals surface area contributed by atoms with Gasteiger partial charge in [0.15, 0.2) is 0 Å². The van der Waals surface area contributed by atoms with Crippen LogP contribution in [-0.4, -0.2) is 19.5 Å². The molecule has 0 heterocycles. The summed E-state index contributed by atoms with van der Waals surface area (Å²) in [5.41, 5.74) is 2.47. The summed E-state index contributed by atoms with van der Waals surface area (Å²) in [5, 5.41) is 5.60. The van der Waals surface area contributed by atoms with Crippen LogP contribution in [0.5, 0.6) is 0 Å². The van der Waals surface area contributed by atoms with Gasteiger partial charge in [-0.25, -0.2) is 0 Å². The molecule has 0 aliphatic carbocycles. The maximum Gasteiger partial charge on any atom is 0.207 e. The van der Waals surface area contributed by atoms with Crippen molar-refractivity contribution in [1.29, 1.82) is 0 Å². The van der Waals surface area contributed by atoms with Gasteiger partial charge in [-0.15, -0.1) is 0 Å². The molecular weight excluding hydrogens is 188 g/mol. The van der Waals surface area contributed by atoms with Crippen LogP contribution in [0.3, 0.4) is 0 Å². The molecule has 1 rings (SSSR count). The van der Waals surface area contributed by atoms with Crippen LogP contribution < -0.4 is 10.6 Å². The molecular formula is C12H20N2O. The summed E-state index contributed by atoms with van der Waals surface area (Å²) in [6.07, 6.45) is 0.699. The van der Waals surface area contributed by atoms with Crippen molar-refractivity contribution in [3.63, 3.8) is 0 Å².